The molecule has 0 aliphatic heterocycles. The number of rotatable bonds is 6. The zero-order chi connectivity index (χ0) is 13.1. The predicted molar refractivity (Wildman–Crippen MR) is 68.5 cm³/mol. The number of carbonyl (C=O) groups is 1. The molecular weight excluding hydrogens is 232 g/mol. The summed E-state index contributed by atoms with van der Waals surface area (Å²) in [5, 5.41) is 8.92. The molecule has 1 aliphatic rings. The summed E-state index contributed by atoms with van der Waals surface area (Å²) >= 11 is 0. The maximum Gasteiger partial charge on any atom is 0.317 e. The molecular formula is C13H18N2O3. The number of hydrogen-bond donors (Lipinski definition) is 2. The fourth-order valence-corrected chi connectivity index (χ4v) is 2.07. The summed E-state index contributed by atoms with van der Waals surface area (Å²) in [5.74, 6) is -0.0509. The lowest BCUT2D eigenvalue weighted by Gasteiger charge is -2.21. The second-order valence-corrected chi connectivity index (χ2v) is 4.60. The summed E-state index contributed by atoms with van der Waals surface area (Å²) < 4.78 is 5.28. The van der Waals surface area contributed by atoms with Gasteiger partial charge in [0.15, 0.2) is 0 Å². The maximum atomic E-state index is 10.9. The summed E-state index contributed by atoms with van der Waals surface area (Å²) in [4.78, 5) is 12.8. The average molecular weight is 250 g/mol. The van der Waals surface area contributed by atoms with Crippen LogP contribution < -0.4 is 10.5 Å². The molecule has 98 valence electrons. The van der Waals surface area contributed by atoms with Crippen LogP contribution in [-0.2, 0) is 11.3 Å². The van der Waals surface area contributed by atoms with Crippen molar-refractivity contribution in [3.8, 4) is 5.75 Å². The second kappa shape index (κ2) is 5.27. The minimum Gasteiger partial charge on any atom is -0.496 e. The zero-order valence-electron chi connectivity index (χ0n) is 10.4. The topological polar surface area (TPSA) is 75.8 Å². The number of carboxylic acid groups (broad SMARTS) is 1. The third-order valence-electron chi connectivity index (χ3n) is 3.08. The second-order valence-electron chi connectivity index (χ2n) is 4.60. The van der Waals surface area contributed by atoms with Crippen molar-refractivity contribution in [2.24, 2.45) is 0 Å². The number of carboxylic acids is 1. The Kier molecular flexibility index (Phi) is 3.72. The van der Waals surface area contributed by atoms with Crippen LogP contribution in [0.5, 0.6) is 5.75 Å². The molecule has 0 unspecified atom stereocenters. The number of methoxy groups -OCH3 is 1. The summed E-state index contributed by atoms with van der Waals surface area (Å²) in [6, 6.07) is 5.82. The largest absolute Gasteiger partial charge is 0.496 e. The van der Waals surface area contributed by atoms with Crippen LogP contribution in [0.4, 0.5) is 5.69 Å². The number of nitrogens with two attached hydrogens (primary N) is 1. The minimum absolute atomic E-state index is 0.0582. The molecule has 1 saturated carbocycles. The molecule has 0 aromatic heterocycles. The smallest absolute Gasteiger partial charge is 0.317 e. The van der Waals surface area contributed by atoms with Crippen molar-refractivity contribution >= 4 is 11.7 Å². The van der Waals surface area contributed by atoms with Crippen molar-refractivity contribution in [3.63, 3.8) is 0 Å². The van der Waals surface area contributed by atoms with Gasteiger partial charge in [-0.15, -0.1) is 0 Å². The van der Waals surface area contributed by atoms with E-state index in [2.05, 4.69) is 0 Å². The minimum atomic E-state index is -0.801. The van der Waals surface area contributed by atoms with Gasteiger partial charge in [0.1, 0.15) is 5.75 Å². The quantitative estimate of drug-likeness (QED) is 0.745. The Morgan fingerprint density at radius 3 is 2.83 bits per heavy atom. The average Bonchev–Trinajstić information content (AvgIpc) is 3.11. The van der Waals surface area contributed by atoms with Crippen LogP contribution in [0, 0.1) is 0 Å². The molecule has 5 nitrogen and oxygen atoms in total. The molecule has 0 bridgehead atoms. The molecule has 0 radical (unpaired) electrons. The molecule has 0 atom stereocenters. The van der Waals surface area contributed by atoms with Crippen molar-refractivity contribution in [3.05, 3.63) is 23.8 Å². The van der Waals surface area contributed by atoms with Gasteiger partial charge in [0.2, 0.25) is 0 Å². The highest BCUT2D eigenvalue weighted by molar-refractivity contribution is 5.69. The number of benzene rings is 1. The van der Waals surface area contributed by atoms with E-state index in [1.165, 1.54) is 0 Å². The van der Waals surface area contributed by atoms with Crippen LogP contribution in [0.15, 0.2) is 18.2 Å². The van der Waals surface area contributed by atoms with Crippen molar-refractivity contribution in [1.82, 2.24) is 4.90 Å². The van der Waals surface area contributed by atoms with Crippen LogP contribution >= 0.6 is 0 Å². The third-order valence-corrected chi connectivity index (χ3v) is 3.08. The van der Waals surface area contributed by atoms with Gasteiger partial charge in [0.05, 0.1) is 13.7 Å². The first-order valence-corrected chi connectivity index (χ1v) is 5.98. The van der Waals surface area contributed by atoms with Gasteiger partial charge in [-0.1, -0.05) is 0 Å². The van der Waals surface area contributed by atoms with Crippen molar-refractivity contribution in [2.75, 3.05) is 19.4 Å². The predicted octanol–water partition coefficient (Wildman–Crippen LogP) is 1.33. The van der Waals surface area contributed by atoms with E-state index in [1.807, 2.05) is 17.0 Å². The number of nitrogen functional groups attached to an aromatic ring is 1. The number of anilines is 1. The van der Waals surface area contributed by atoms with Gasteiger partial charge < -0.3 is 15.6 Å². The number of aliphatic carboxylic acids is 1. The molecule has 1 aliphatic carbocycles. The Labute approximate surface area is 106 Å². The highest BCUT2D eigenvalue weighted by Gasteiger charge is 2.30. The van der Waals surface area contributed by atoms with Crippen molar-refractivity contribution in [1.29, 1.82) is 0 Å². The SMILES string of the molecule is COc1ccc(N)cc1CN(CC(=O)O)C1CC1. The molecule has 5 heteroatoms. The van der Waals surface area contributed by atoms with Gasteiger partial charge >= 0.3 is 5.97 Å². The first kappa shape index (κ1) is 12.7. The maximum absolute atomic E-state index is 10.9. The molecule has 0 heterocycles. The Bertz CT molecular complexity index is 444. The monoisotopic (exact) mass is 250 g/mol. The first-order valence-electron chi connectivity index (χ1n) is 5.98. The Hall–Kier alpha value is -1.75. The molecule has 0 spiro atoms. The van der Waals surface area contributed by atoms with E-state index in [9.17, 15) is 4.79 Å². The van der Waals surface area contributed by atoms with Crippen LogP contribution in [-0.4, -0.2) is 35.7 Å². The summed E-state index contributed by atoms with van der Waals surface area (Å²) in [5.41, 5.74) is 7.36. The summed E-state index contributed by atoms with van der Waals surface area (Å²) in [6.07, 6.45) is 2.13. The van der Waals surface area contributed by atoms with Crippen molar-refractivity contribution in [2.45, 2.75) is 25.4 Å². The van der Waals surface area contributed by atoms with E-state index in [1.54, 1.807) is 13.2 Å². The summed E-state index contributed by atoms with van der Waals surface area (Å²) in [7, 11) is 1.60. The van der Waals surface area contributed by atoms with E-state index in [0.717, 1.165) is 24.2 Å². The van der Waals surface area contributed by atoms with Crippen LogP contribution in [0.25, 0.3) is 0 Å². The lowest BCUT2D eigenvalue weighted by Crippen LogP contribution is -2.31. The van der Waals surface area contributed by atoms with E-state index >= 15 is 0 Å². The van der Waals surface area contributed by atoms with E-state index < -0.39 is 5.97 Å². The number of hydrogen-bond acceptors (Lipinski definition) is 4. The normalized spacial score (nSPS) is 14.8. The van der Waals surface area contributed by atoms with Crippen molar-refractivity contribution < 1.29 is 14.6 Å². The highest BCUT2D eigenvalue weighted by atomic mass is 16.5. The lowest BCUT2D eigenvalue weighted by atomic mass is 10.1. The highest BCUT2D eigenvalue weighted by Crippen LogP contribution is 2.30. The Morgan fingerprint density at radius 1 is 1.56 bits per heavy atom. The molecule has 3 N–H and O–H groups in total. The summed E-state index contributed by atoms with van der Waals surface area (Å²) in [6.45, 7) is 0.619. The molecule has 2 rings (SSSR count). The molecule has 1 aromatic carbocycles. The fourth-order valence-electron chi connectivity index (χ4n) is 2.07. The van der Waals surface area contributed by atoms with E-state index in [-0.39, 0.29) is 6.54 Å². The van der Waals surface area contributed by atoms with Gasteiger partial charge in [-0.2, -0.15) is 0 Å². The zero-order valence-corrected chi connectivity index (χ0v) is 10.4. The van der Waals surface area contributed by atoms with Crippen LogP contribution in [0.2, 0.25) is 0 Å². The van der Waals surface area contributed by atoms with Crippen LogP contribution in [0.1, 0.15) is 18.4 Å². The Balaban J connectivity index is 2.14. The number of nitrogens with zero attached hydrogens (tertiary/aromatic N) is 1. The van der Waals surface area contributed by atoms with Gasteiger partial charge in [0, 0.05) is 23.8 Å². The third kappa shape index (κ3) is 3.13. The molecule has 0 amide bonds. The van der Waals surface area contributed by atoms with Gasteiger partial charge in [-0.3, -0.25) is 9.69 Å². The standard InChI is InChI=1S/C13H18N2O3/c1-18-12-5-2-10(14)6-9(12)7-15(8-13(16)17)11-3-4-11/h2,5-6,11H,3-4,7-8,14H2,1H3,(H,16,17). The number of ether oxygens (including phenoxy) is 1. The van der Waals surface area contributed by atoms with Gasteiger partial charge in [0.25, 0.3) is 0 Å². The van der Waals surface area contributed by atoms with Gasteiger partial charge in [-0.05, 0) is 31.0 Å². The molecule has 18 heavy (non-hydrogen) atoms. The molecule has 1 aromatic rings. The van der Waals surface area contributed by atoms with Gasteiger partial charge in [-0.25, -0.2) is 0 Å². The van der Waals surface area contributed by atoms with Crippen LogP contribution in [0.3, 0.4) is 0 Å². The van der Waals surface area contributed by atoms with E-state index in [0.29, 0.717) is 18.3 Å². The Morgan fingerprint density at radius 2 is 2.28 bits per heavy atom. The first-order chi connectivity index (χ1) is 8.60. The molecule has 0 saturated heterocycles. The van der Waals surface area contributed by atoms with E-state index in [4.69, 9.17) is 15.6 Å². The molecule has 1 fully saturated rings. The fraction of sp³-hybridized carbons (Fsp3) is 0.462. The lowest BCUT2D eigenvalue weighted by molar-refractivity contribution is -0.138.